The standard InChI is InChI=1S/C10H13N3O3/c14-10(15)5-11-9-4-7(12-6-13-9)8-2-1-3-16-8/h4,6,8H,1-3,5H2,(H,14,15)(H,11,12,13). The fraction of sp³-hybridized carbons (Fsp3) is 0.500. The topological polar surface area (TPSA) is 84.3 Å². The van der Waals surface area contributed by atoms with E-state index in [-0.39, 0.29) is 12.6 Å². The molecule has 86 valence electrons. The number of carboxylic acids is 1. The second kappa shape index (κ2) is 4.89. The van der Waals surface area contributed by atoms with Crippen molar-refractivity contribution in [1.82, 2.24) is 9.97 Å². The Hall–Kier alpha value is -1.69. The molecule has 1 aliphatic rings. The minimum absolute atomic E-state index is 0.0216. The molecule has 2 heterocycles. The van der Waals surface area contributed by atoms with Gasteiger partial charge in [-0.3, -0.25) is 4.79 Å². The Morgan fingerprint density at radius 2 is 2.50 bits per heavy atom. The second-order valence-corrected chi connectivity index (χ2v) is 3.58. The third-order valence-electron chi connectivity index (χ3n) is 2.37. The summed E-state index contributed by atoms with van der Waals surface area (Å²) >= 11 is 0. The van der Waals surface area contributed by atoms with Gasteiger partial charge in [-0.05, 0) is 12.8 Å². The molecule has 0 aliphatic carbocycles. The van der Waals surface area contributed by atoms with Crippen LogP contribution in [0, 0.1) is 0 Å². The molecule has 0 spiro atoms. The summed E-state index contributed by atoms with van der Waals surface area (Å²) in [6.07, 6.45) is 3.43. The minimum atomic E-state index is -0.919. The van der Waals surface area contributed by atoms with Crippen LogP contribution in [-0.2, 0) is 9.53 Å². The number of rotatable bonds is 4. The highest BCUT2D eigenvalue weighted by molar-refractivity contribution is 5.72. The van der Waals surface area contributed by atoms with E-state index in [1.807, 2.05) is 0 Å². The number of aliphatic carboxylic acids is 1. The van der Waals surface area contributed by atoms with E-state index < -0.39 is 5.97 Å². The van der Waals surface area contributed by atoms with Gasteiger partial charge in [0.25, 0.3) is 0 Å². The van der Waals surface area contributed by atoms with E-state index >= 15 is 0 Å². The average molecular weight is 223 g/mol. The number of anilines is 1. The summed E-state index contributed by atoms with van der Waals surface area (Å²) in [6, 6.07) is 1.74. The van der Waals surface area contributed by atoms with Crippen molar-refractivity contribution in [2.24, 2.45) is 0 Å². The molecule has 1 atom stereocenters. The van der Waals surface area contributed by atoms with Crippen LogP contribution >= 0.6 is 0 Å². The molecule has 16 heavy (non-hydrogen) atoms. The largest absolute Gasteiger partial charge is 0.480 e. The maximum absolute atomic E-state index is 10.4. The van der Waals surface area contributed by atoms with Gasteiger partial charge in [0, 0.05) is 12.7 Å². The first-order valence-electron chi connectivity index (χ1n) is 5.15. The third kappa shape index (κ3) is 2.66. The number of carboxylic acid groups (broad SMARTS) is 1. The van der Waals surface area contributed by atoms with Gasteiger partial charge in [-0.1, -0.05) is 0 Å². The quantitative estimate of drug-likeness (QED) is 0.786. The number of nitrogens with one attached hydrogen (secondary N) is 1. The van der Waals surface area contributed by atoms with E-state index in [1.54, 1.807) is 6.07 Å². The number of hydrogen-bond donors (Lipinski definition) is 2. The third-order valence-corrected chi connectivity index (χ3v) is 2.37. The summed E-state index contributed by atoms with van der Waals surface area (Å²) in [5, 5.41) is 11.2. The van der Waals surface area contributed by atoms with Crippen LogP contribution in [0.5, 0.6) is 0 Å². The first kappa shape index (κ1) is 10.8. The molecule has 2 N–H and O–H groups in total. The lowest BCUT2D eigenvalue weighted by atomic mass is 10.2. The van der Waals surface area contributed by atoms with Crippen LogP contribution in [0.2, 0.25) is 0 Å². The summed E-state index contributed by atoms with van der Waals surface area (Å²) in [5.74, 6) is -0.403. The summed E-state index contributed by atoms with van der Waals surface area (Å²) in [5.41, 5.74) is 0.806. The molecule has 1 fully saturated rings. The lowest BCUT2D eigenvalue weighted by molar-refractivity contribution is -0.134. The highest BCUT2D eigenvalue weighted by atomic mass is 16.5. The number of aromatic nitrogens is 2. The summed E-state index contributed by atoms with van der Waals surface area (Å²) in [4.78, 5) is 18.4. The zero-order chi connectivity index (χ0) is 11.4. The van der Waals surface area contributed by atoms with E-state index in [9.17, 15) is 4.79 Å². The normalized spacial score (nSPS) is 19.6. The fourth-order valence-electron chi connectivity index (χ4n) is 1.62. The SMILES string of the molecule is O=C(O)CNc1cc(C2CCCO2)ncn1. The van der Waals surface area contributed by atoms with Crippen molar-refractivity contribution in [2.45, 2.75) is 18.9 Å². The molecule has 1 aromatic rings. The highest BCUT2D eigenvalue weighted by Gasteiger charge is 2.19. The Morgan fingerprint density at radius 3 is 3.19 bits per heavy atom. The van der Waals surface area contributed by atoms with Crippen LogP contribution in [0.4, 0.5) is 5.82 Å². The van der Waals surface area contributed by atoms with Gasteiger partial charge in [-0.2, -0.15) is 0 Å². The van der Waals surface area contributed by atoms with E-state index in [0.29, 0.717) is 5.82 Å². The predicted molar refractivity (Wildman–Crippen MR) is 56.1 cm³/mol. The first-order valence-corrected chi connectivity index (χ1v) is 5.15. The van der Waals surface area contributed by atoms with Gasteiger partial charge in [0.2, 0.25) is 0 Å². The van der Waals surface area contributed by atoms with Crippen LogP contribution < -0.4 is 5.32 Å². The number of ether oxygens (including phenoxy) is 1. The number of carbonyl (C=O) groups is 1. The monoisotopic (exact) mass is 223 g/mol. The molecule has 0 aromatic carbocycles. The number of hydrogen-bond acceptors (Lipinski definition) is 5. The summed E-state index contributed by atoms with van der Waals surface area (Å²) < 4.78 is 5.49. The Labute approximate surface area is 92.7 Å². The van der Waals surface area contributed by atoms with Crippen molar-refractivity contribution >= 4 is 11.8 Å². The molecule has 0 bridgehead atoms. The fourth-order valence-corrected chi connectivity index (χ4v) is 1.62. The van der Waals surface area contributed by atoms with Crippen molar-refractivity contribution in [3.8, 4) is 0 Å². The van der Waals surface area contributed by atoms with Gasteiger partial charge in [0.05, 0.1) is 11.8 Å². The van der Waals surface area contributed by atoms with Crippen molar-refractivity contribution in [3.63, 3.8) is 0 Å². The molecule has 1 saturated heterocycles. The van der Waals surface area contributed by atoms with E-state index in [1.165, 1.54) is 6.33 Å². The average Bonchev–Trinajstić information content (AvgIpc) is 2.80. The van der Waals surface area contributed by atoms with Gasteiger partial charge < -0.3 is 15.2 Å². The Bertz CT molecular complexity index is 377. The Morgan fingerprint density at radius 1 is 1.62 bits per heavy atom. The molecule has 6 nitrogen and oxygen atoms in total. The molecule has 1 aromatic heterocycles. The second-order valence-electron chi connectivity index (χ2n) is 3.58. The molecule has 6 heteroatoms. The maximum atomic E-state index is 10.4. The van der Waals surface area contributed by atoms with E-state index in [2.05, 4.69) is 15.3 Å². The smallest absolute Gasteiger partial charge is 0.322 e. The highest BCUT2D eigenvalue weighted by Crippen LogP contribution is 2.27. The van der Waals surface area contributed by atoms with E-state index in [4.69, 9.17) is 9.84 Å². The molecule has 1 aliphatic heterocycles. The lowest BCUT2D eigenvalue weighted by Crippen LogP contribution is -2.14. The minimum Gasteiger partial charge on any atom is -0.480 e. The van der Waals surface area contributed by atoms with Gasteiger partial charge in [0.1, 0.15) is 18.7 Å². The van der Waals surface area contributed by atoms with Crippen LogP contribution in [0.1, 0.15) is 24.6 Å². The first-order chi connectivity index (χ1) is 7.75. The van der Waals surface area contributed by atoms with Crippen LogP contribution in [0.3, 0.4) is 0 Å². The van der Waals surface area contributed by atoms with Crippen molar-refractivity contribution in [3.05, 3.63) is 18.1 Å². The van der Waals surface area contributed by atoms with Crippen LogP contribution in [0.15, 0.2) is 12.4 Å². The predicted octanol–water partition coefficient (Wildman–Crippen LogP) is 0.825. The summed E-state index contributed by atoms with van der Waals surface area (Å²) in [6.45, 7) is 0.606. The van der Waals surface area contributed by atoms with Gasteiger partial charge >= 0.3 is 5.97 Å². The van der Waals surface area contributed by atoms with Crippen molar-refractivity contribution in [1.29, 1.82) is 0 Å². The van der Waals surface area contributed by atoms with Crippen LogP contribution in [0.25, 0.3) is 0 Å². The van der Waals surface area contributed by atoms with Crippen molar-refractivity contribution < 1.29 is 14.6 Å². The molecular weight excluding hydrogens is 210 g/mol. The zero-order valence-electron chi connectivity index (χ0n) is 8.72. The molecule has 0 saturated carbocycles. The Balaban J connectivity index is 2.03. The van der Waals surface area contributed by atoms with Crippen LogP contribution in [-0.4, -0.2) is 34.2 Å². The maximum Gasteiger partial charge on any atom is 0.322 e. The molecule has 0 radical (unpaired) electrons. The molecule has 0 amide bonds. The lowest BCUT2D eigenvalue weighted by Gasteiger charge is -2.09. The number of nitrogens with zero attached hydrogens (tertiary/aromatic N) is 2. The molecule has 1 unspecified atom stereocenters. The molecule has 2 rings (SSSR count). The molecular formula is C10H13N3O3. The van der Waals surface area contributed by atoms with Crippen molar-refractivity contribution in [2.75, 3.05) is 18.5 Å². The summed E-state index contributed by atoms with van der Waals surface area (Å²) in [7, 11) is 0. The Kier molecular flexibility index (Phi) is 3.31. The van der Waals surface area contributed by atoms with Gasteiger partial charge in [-0.25, -0.2) is 9.97 Å². The van der Waals surface area contributed by atoms with E-state index in [0.717, 1.165) is 25.1 Å². The van der Waals surface area contributed by atoms with Gasteiger partial charge in [0.15, 0.2) is 0 Å². The van der Waals surface area contributed by atoms with Gasteiger partial charge in [-0.15, -0.1) is 0 Å². The zero-order valence-corrected chi connectivity index (χ0v) is 8.72.